The van der Waals surface area contributed by atoms with Crippen LogP contribution in [0.3, 0.4) is 0 Å². The van der Waals surface area contributed by atoms with Gasteiger partial charge in [-0.2, -0.15) is 0 Å². The summed E-state index contributed by atoms with van der Waals surface area (Å²) in [7, 11) is 0. The van der Waals surface area contributed by atoms with E-state index in [2.05, 4.69) is 11.4 Å². The third-order valence-corrected chi connectivity index (χ3v) is 4.69. The van der Waals surface area contributed by atoms with E-state index in [9.17, 15) is 9.18 Å². The number of carbonyl (C=O) groups is 1. The number of benzene rings is 2. The fourth-order valence-corrected chi connectivity index (χ4v) is 3.42. The summed E-state index contributed by atoms with van der Waals surface area (Å²) in [5.74, 6) is -0.550. The normalized spacial score (nSPS) is 14.8. The molecular formula is C19H12FNOS. The Morgan fingerprint density at radius 3 is 2.78 bits per heavy atom. The van der Waals surface area contributed by atoms with Gasteiger partial charge in [0.25, 0.3) is 5.91 Å². The van der Waals surface area contributed by atoms with Crippen molar-refractivity contribution in [2.75, 3.05) is 5.32 Å². The number of rotatable bonds is 2. The van der Waals surface area contributed by atoms with Gasteiger partial charge in [-0.25, -0.2) is 4.39 Å². The van der Waals surface area contributed by atoms with Gasteiger partial charge in [0.05, 0.1) is 0 Å². The quantitative estimate of drug-likeness (QED) is 0.658. The second-order valence-electron chi connectivity index (χ2n) is 5.30. The molecule has 4 rings (SSSR count). The molecule has 2 aromatic carbocycles. The van der Waals surface area contributed by atoms with Crippen LogP contribution in [0, 0.1) is 5.82 Å². The first kappa shape index (κ1) is 13.9. The van der Waals surface area contributed by atoms with Gasteiger partial charge < -0.3 is 5.32 Å². The van der Waals surface area contributed by atoms with E-state index in [1.54, 1.807) is 23.5 Å². The Hall–Kier alpha value is -2.72. The molecule has 1 N–H and O–H groups in total. The molecule has 1 aromatic heterocycles. The zero-order valence-electron chi connectivity index (χ0n) is 12.0. The Bertz CT molecular complexity index is 928. The van der Waals surface area contributed by atoms with Gasteiger partial charge in [-0.1, -0.05) is 24.3 Å². The van der Waals surface area contributed by atoms with Crippen molar-refractivity contribution in [3.63, 3.8) is 0 Å². The molecule has 0 saturated heterocycles. The van der Waals surface area contributed by atoms with Crippen molar-refractivity contribution in [3.05, 3.63) is 76.9 Å². The Morgan fingerprint density at radius 1 is 1.04 bits per heavy atom. The van der Waals surface area contributed by atoms with Gasteiger partial charge in [0.15, 0.2) is 0 Å². The van der Waals surface area contributed by atoms with E-state index in [4.69, 9.17) is 0 Å². The third kappa shape index (κ3) is 2.58. The van der Waals surface area contributed by atoms with Crippen LogP contribution < -0.4 is 5.32 Å². The lowest BCUT2D eigenvalue weighted by Crippen LogP contribution is -2.03. The molecule has 0 unspecified atom stereocenters. The molecule has 0 fully saturated rings. The predicted octanol–water partition coefficient (Wildman–Crippen LogP) is 5.05. The standard InChI is InChI=1S/C19H12FNOS/c20-14-6-7-17-15(11-14)16(19(22)21-17)10-12-3-1-4-13(9-12)18-5-2-8-23-18/h1-11H,(H,21,22)/b16-10+. The minimum absolute atomic E-state index is 0.202. The van der Waals surface area contributed by atoms with Crippen LogP contribution >= 0.6 is 11.3 Å². The smallest absolute Gasteiger partial charge is 0.256 e. The molecule has 0 bridgehead atoms. The van der Waals surface area contributed by atoms with Crippen molar-refractivity contribution in [2.45, 2.75) is 0 Å². The molecule has 1 aliphatic heterocycles. The van der Waals surface area contributed by atoms with Crippen LogP contribution in [-0.4, -0.2) is 5.91 Å². The van der Waals surface area contributed by atoms with Gasteiger partial charge in [0.2, 0.25) is 0 Å². The highest BCUT2D eigenvalue weighted by atomic mass is 32.1. The van der Waals surface area contributed by atoms with E-state index >= 15 is 0 Å². The first-order valence-corrected chi connectivity index (χ1v) is 8.05. The highest BCUT2D eigenvalue weighted by Crippen LogP contribution is 2.34. The first-order chi connectivity index (χ1) is 11.2. The molecule has 0 atom stereocenters. The zero-order valence-corrected chi connectivity index (χ0v) is 12.9. The molecule has 2 nitrogen and oxygen atoms in total. The molecule has 3 aromatic rings. The van der Waals surface area contributed by atoms with Gasteiger partial charge >= 0.3 is 0 Å². The summed E-state index contributed by atoms with van der Waals surface area (Å²) >= 11 is 1.67. The van der Waals surface area contributed by atoms with Gasteiger partial charge in [-0.3, -0.25) is 4.79 Å². The SMILES string of the molecule is O=C1Nc2ccc(F)cc2/C1=C\c1cccc(-c2cccs2)c1. The number of nitrogens with one attached hydrogen (secondary N) is 1. The van der Waals surface area contributed by atoms with E-state index in [0.717, 1.165) is 11.1 Å². The third-order valence-electron chi connectivity index (χ3n) is 3.77. The second-order valence-corrected chi connectivity index (χ2v) is 6.25. The van der Waals surface area contributed by atoms with E-state index in [1.165, 1.54) is 17.0 Å². The molecule has 4 heteroatoms. The highest BCUT2D eigenvalue weighted by molar-refractivity contribution is 7.13. The number of anilines is 1. The maximum Gasteiger partial charge on any atom is 0.256 e. The average molecular weight is 321 g/mol. The molecule has 1 amide bonds. The Labute approximate surface area is 136 Å². The van der Waals surface area contributed by atoms with E-state index in [-0.39, 0.29) is 11.7 Å². The van der Waals surface area contributed by atoms with Gasteiger partial charge in [-0.05, 0) is 52.9 Å². The first-order valence-electron chi connectivity index (χ1n) is 7.18. The minimum atomic E-state index is -0.349. The van der Waals surface area contributed by atoms with Crippen LogP contribution in [0.1, 0.15) is 11.1 Å². The molecule has 23 heavy (non-hydrogen) atoms. The molecule has 112 valence electrons. The number of halogens is 1. The molecule has 0 saturated carbocycles. The van der Waals surface area contributed by atoms with Crippen molar-refractivity contribution in [3.8, 4) is 10.4 Å². The summed E-state index contributed by atoms with van der Waals surface area (Å²) in [5.41, 5.74) is 3.77. The van der Waals surface area contributed by atoms with Crippen molar-refractivity contribution in [2.24, 2.45) is 0 Å². The predicted molar refractivity (Wildman–Crippen MR) is 92.7 cm³/mol. The average Bonchev–Trinajstić information content (AvgIpc) is 3.18. The topological polar surface area (TPSA) is 29.1 Å². The maximum atomic E-state index is 13.5. The van der Waals surface area contributed by atoms with E-state index in [0.29, 0.717) is 16.8 Å². The molecule has 0 radical (unpaired) electrons. The lowest BCUT2D eigenvalue weighted by molar-refractivity contribution is -0.110. The van der Waals surface area contributed by atoms with Crippen LogP contribution in [0.25, 0.3) is 22.1 Å². The maximum absolute atomic E-state index is 13.5. The van der Waals surface area contributed by atoms with E-state index in [1.807, 2.05) is 35.7 Å². The molecule has 0 spiro atoms. The van der Waals surface area contributed by atoms with Crippen LogP contribution in [0.15, 0.2) is 60.0 Å². The fourth-order valence-electron chi connectivity index (χ4n) is 2.69. The van der Waals surface area contributed by atoms with E-state index < -0.39 is 0 Å². The summed E-state index contributed by atoms with van der Waals surface area (Å²) < 4.78 is 13.5. The van der Waals surface area contributed by atoms with Crippen LogP contribution in [0.2, 0.25) is 0 Å². The summed E-state index contributed by atoms with van der Waals surface area (Å²) in [6.45, 7) is 0. The van der Waals surface area contributed by atoms with Gasteiger partial charge in [-0.15, -0.1) is 11.3 Å². The minimum Gasteiger partial charge on any atom is -0.321 e. The zero-order chi connectivity index (χ0) is 15.8. The van der Waals surface area contributed by atoms with Crippen LogP contribution in [-0.2, 0) is 4.79 Å². The monoisotopic (exact) mass is 321 g/mol. The highest BCUT2D eigenvalue weighted by Gasteiger charge is 2.24. The Morgan fingerprint density at radius 2 is 1.96 bits per heavy atom. The molecule has 0 aliphatic carbocycles. The van der Waals surface area contributed by atoms with Crippen molar-refractivity contribution < 1.29 is 9.18 Å². The summed E-state index contributed by atoms with van der Waals surface area (Å²) in [4.78, 5) is 13.3. The Balaban J connectivity index is 1.78. The number of thiophene rings is 1. The summed E-state index contributed by atoms with van der Waals surface area (Å²) in [5, 5.41) is 4.80. The van der Waals surface area contributed by atoms with Crippen LogP contribution in [0.5, 0.6) is 0 Å². The lowest BCUT2D eigenvalue weighted by atomic mass is 10.0. The van der Waals surface area contributed by atoms with Crippen LogP contribution in [0.4, 0.5) is 10.1 Å². The molecular weight excluding hydrogens is 309 g/mol. The van der Waals surface area contributed by atoms with Crippen molar-refractivity contribution in [1.29, 1.82) is 0 Å². The fraction of sp³-hybridized carbons (Fsp3) is 0. The lowest BCUT2D eigenvalue weighted by Gasteiger charge is -2.02. The number of amides is 1. The second kappa shape index (κ2) is 5.48. The summed E-state index contributed by atoms with van der Waals surface area (Å²) in [6.07, 6.45) is 1.80. The van der Waals surface area contributed by atoms with Gasteiger partial charge in [0.1, 0.15) is 5.82 Å². The van der Waals surface area contributed by atoms with Crippen molar-refractivity contribution >= 4 is 34.6 Å². The number of hydrogen-bond donors (Lipinski definition) is 1. The number of carbonyl (C=O) groups excluding carboxylic acids is 1. The Kier molecular flexibility index (Phi) is 3.32. The summed E-state index contributed by atoms with van der Waals surface area (Å²) in [6, 6.07) is 16.4. The number of fused-ring (bicyclic) bond motifs is 1. The van der Waals surface area contributed by atoms with Gasteiger partial charge in [0, 0.05) is 21.7 Å². The number of hydrogen-bond acceptors (Lipinski definition) is 2. The largest absolute Gasteiger partial charge is 0.321 e. The molecule has 1 aliphatic rings. The molecule has 2 heterocycles. The van der Waals surface area contributed by atoms with Crippen molar-refractivity contribution in [1.82, 2.24) is 0 Å².